The van der Waals surface area contributed by atoms with Gasteiger partial charge in [-0.1, -0.05) is 66.7 Å². The number of fused-ring (bicyclic) bond motifs is 4. The number of pyridine rings is 2. The van der Waals surface area contributed by atoms with Gasteiger partial charge in [0.05, 0.1) is 28.0 Å². The van der Waals surface area contributed by atoms with Crippen LogP contribution in [0.5, 0.6) is 5.75 Å². The summed E-state index contributed by atoms with van der Waals surface area (Å²) in [5.41, 5.74) is 10.9. The van der Waals surface area contributed by atoms with Crippen LogP contribution in [0.15, 0.2) is 126 Å². The third kappa shape index (κ3) is 5.70. The van der Waals surface area contributed by atoms with Gasteiger partial charge in [0.15, 0.2) is 5.78 Å². The second kappa shape index (κ2) is 12.7. The summed E-state index contributed by atoms with van der Waals surface area (Å²) < 4.78 is 0. The first kappa shape index (κ1) is 31.7. The number of para-hydroxylation sites is 2. The number of phenols is 1. The van der Waals surface area contributed by atoms with Crippen LogP contribution < -0.4 is 10.6 Å². The molecular weight excluding hydrogens is 636 g/mol. The Hall–Kier alpha value is -6.54. The number of aromatic hydroxyl groups is 1. The molecule has 4 aromatic carbocycles. The highest BCUT2D eigenvalue weighted by molar-refractivity contribution is 6.11. The van der Waals surface area contributed by atoms with Gasteiger partial charge in [-0.25, -0.2) is 4.79 Å². The molecule has 2 heterocycles. The van der Waals surface area contributed by atoms with Crippen molar-refractivity contribution in [1.82, 2.24) is 9.97 Å². The third-order valence-corrected chi connectivity index (χ3v) is 9.74. The quantitative estimate of drug-likeness (QED) is 0.127. The first-order valence-electron chi connectivity index (χ1n) is 16.8. The van der Waals surface area contributed by atoms with Crippen molar-refractivity contribution in [2.45, 2.75) is 26.8 Å². The van der Waals surface area contributed by atoms with Crippen molar-refractivity contribution in [3.05, 3.63) is 165 Å². The summed E-state index contributed by atoms with van der Waals surface area (Å²) in [6.07, 6.45) is 3.73. The van der Waals surface area contributed by atoms with E-state index in [4.69, 9.17) is 9.97 Å². The number of nitrogens with one attached hydrogen (secondary N) is 2. The Morgan fingerprint density at radius 3 is 2.04 bits per heavy atom. The zero-order valence-electron chi connectivity index (χ0n) is 28.1. The Morgan fingerprint density at radius 2 is 1.37 bits per heavy atom. The first-order valence-corrected chi connectivity index (χ1v) is 16.8. The summed E-state index contributed by atoms with van der Waals surface area (Å²) >= 11 is 0. The number of allylic oxidation sites excluding steroid dienone is 4. The van der Waals surface area contributed by atoms with Gasteiger partial charge in [-0.3, -0.25) is 14.8 Å². The van der Waals surface area contributed by atoms with Gasteiger partial charge in [0.2, 0.25) is 0 Å². The summed E-state index contributed by atoms with van der Waals surface area (Å²) in [4.78, 5) is 35.8. The van der Waals surface area contributed by atoms with Gasteiger partial charge in [-0.15, -0.1) is 0 Å². The van der Waals surface area contributed by atoms with Crippen LogP contribution in [0.2, 0.25) is 0 Å². The van der Waals surface area contributed by atoms with Crippen molar-refractivity contribution >= 4 is 50.5 Å². The van der Waals surface area contributed by atoms with E-state index in [0.717, 1.165) is 66.8 Å². The topological polar surface area (TPSA) is 124 Å². The molecule has 8 nitrogen and oxygen atoms in total. The van der Waals surface area contributed by atoms with Crippen molar-refractivity contribution in [2.24, 2.45) is 0 Å². The Morgan fingerprint density at radius 1 is 0.725 bits per heavy atom. The van der Waals surface area contributed by atoms with Gasteiger partial charge >= 0.3 is 5.97 Å². The first-order chi connectivity index (χ1) is 24.8. The van der Waals surface area contributed by atoms with Crippen LogP contribution in [-0.4, -0.2) is 38.5 Å². The summed E-state index contributed by atoms with van der Waals surface area (Å²) in [5, 5.41) is 30.7. The third-order valence-electron chi connectivity index (χ3n) is 9.74. The number of hydrogen-bond acceptors (Lipinski definition) is 7. The number of aryl methyl sites for hydroxylation is 2. The van der Waals surface area contributed by atoms with Crippen molar-refractivity contribution in [2.75, 3.05) is 17.2 Å². The van der Waals surface area contributed by atoms with E-state index in [1.165, 1.54) is 0 Å². The highest BCUT2D eigenvalue weighted by Gasteiger charge is 2.32. The number of benzene rings is 4. The number of ketones is 1. The molecule has 0 atom stereocenters. The molecule has 2 aliphatic carbocycles. The molecule has 250 valence electrons. The van der Waals surface area contributed by atoms with E-state index in [2.05, 4.69) is 10.6 Å². The fraction of sp³-hybridized carbons (Fsp3) is 0.116. The largest absolute Gasteiger partial charge is 0.508 e. The molecule has 0 fully saturated rings. The lowest BCUT2D eigenvalue weighted by atomic mass is 9.73. The Labute approximate surface area is 294 Å². The van der Waals surface area contributed by atoms with Crippen molar-refractivity contribution in [3.63, 3.8) is 0 Å². The van der Waals surface area contributed by atoms with Gasteiger partial charge in [-0.2, -0.15) is 0 Å². The van der Waals surface area contributed by atoms with Crippen LogP contribution in [0.1, 0.15) is 44.0 Å². The van der Waals surface area contributed by atoms with Crippen molar-refractivity contribution in [1.29, 1.82) is 0 Å². The van der Waals surface area contributed by atoms with Gasteiger partial charge in [-0.05, 0) is 96.2 Å². The van der Waals surface area contributed by atoms with E-state index in [9.17, 15) is 19.8 Å². The molecule has 2 aliphatic rings. The number of hydrogen-bond donors (Lipinski definition) is 4. The molecule has 2 aromatic heterocycles. The van der Waals surface area contributed by atoms with E-state index in [1.807, 2.05) is 86.6 Å². The van der Waals surface area contributed by atoms with Gasteiger partial charge in [0, 0.05) is 46.4 Å². The lowest BCUT2D eigenvalue weighted by Crippen LogP contribution is -2.23. The maximum absolute atomic E-state index is 13.7. The zero-order valence-corrected chi connectivity index (χ0v) is 28.1. The average molecular weight is 671 g/mol. The highest BCUT2D eigenvalue weighted by atomic mass is 16.4. The summed E-state index contributed by atoms with van der Waals surface area (Å²) in [7, 11) is 0. The van der Waals surface area contributed by atoms with Crippen LogP contribution in [0.25, 0.3) is 27.4 Å². The van der Waals surface area contributed by atoms with E-state index in [1.54, 1.807) is 36.4 Å². The molecule has 4 N–H and O–H groups in total. The Kier molecular flexibility index (Phi) is 7.91. The number of anilines is 2. The number of rotatable bonds is 8. The maximum Gasteiger partial charge on any atom is 0.336 e. The molecule has 51 heavy (non-hydrogen) atoms. The maximum atomic E-state index is 13.7. The van der Waals surface area contributed by atoms with Crippen LogP contribution >= 0.6 is 0 Å². The predicted octanol–water partition coefficient (Wildman–Crippen LogP) is 8.32. The summed E-state index contributed by atoms with van der Waals surface area (Å²) in [6.45, 7) is 4.41. The minimum absolute atomic E-state index is 0.107. The van der Waals surface area contributed by atoms with Gasteiger partial charge in [0.25, 0.3) is 0 Å². The van der Waals surface area contributed by atoms with Crippen LogP contribution in [-0.2, 0) is 17.8 Å². The molecule has 0 amide bonds. The molecular formula is C43H34N4O4. The molecule has 0 spiro atoms. The van der Waals surface area contributed by atoms with Gasteiger partial charge < -0.3 is 20.8 Å². The van der Waals surface area contributed by atoms with Crippen LogP contribution in [0.4, 0.5) is 11.4 Å². The fourth-order valence-corrected chi connectivity index (χ4v) is 7.26. The van der Waals surface area contributed by atoms with Crippen LogP contribution in [0.3, 0.4) is 0 Å². The smallest absolute Gasteiger partial charge is 0.336 e. The molecule has 0 saturated heterocycles. The minimum atomic E-state index is -1.05. The van der Waals surface area contributed by atoms with Crippen molar-refractivity contribution in [3.8, 4) is 5.75 Å². The van der Waals surface area contributed by atoms with E-state index in [0.29, 0.717) is 28.7 Å². The van der Waals surface area contributed by atoms with E-state index in [-0.39, 0.29) is 30.2 Å². The number of aromatic nitrogens is 2. The molecule has 0 radical (unpaired) electrons. The number of carbonyl (C=O) groups is 2. The monoisotopic (exact) mass is 670 g/mol. The molecule has 6 aromatic rings. The molecule has 0 unspecified atom stereocenters. The van der Waals surface area contributed by atoms with E-state index >= 15 is 0 Å². The lowest BCUT2D eigenvalue weighted by Gasteiger charge is -2.31. The summed E-state index contributed by atoms with van der Waals surface area (Å²) in [5.74, 6) is -1.07. The summed E-state index contributed by atoms with van der Waals surface area (Å²) in [6, 6.07) is 30.3. The fourth-order valence-electron chi connectivity index (χ4n) is 7.26. The van der Waals surface area contributed by atoms with Crippen LogP contribution in [0, 0.1) is 13.8 Å². The number of carboxylic acid groups (broad SMARTS) is 1. The standard InChI is InChI=1S/C43H34N4O4/c1-24-13-15-26-7-5-11-36(41(26)46-24)44-22-34-32-21-33-30(40(29(32)17-19-38(34)48)28-9-3-4-10-31(28)43(50)51)18-20-39(49)35(33)23-45-37-12-6-8-27-16-14-25(2)47-42(27)37/h3-20,44-45,48H,21-23H2,1-2H3,(H,50,51). The number of aromatic carboxylic acids is 1. The predicted molar refractivity (Wildman–Crippen MR) is 201 cm³/mol. The Bertz CT molecular complexity index is 2550. The zero-order chi connectivity index (χ0) is 35.2. The molecule has 8 heteroatoms. The second-order valence-electron chi connectivity index (χ2n) is 12.9. The van der Waals surface area contributed by atoms with Crippen molar-refractivity contribution < 1.29 is 19.8 Å². The Balaban J connectivity index is 1.28. The highest BCUT2D eigenvalue weighted by Crippen LogP contribution is 2.46. The molecule has 0 aliphatic heterocycles. The number of phenolic OH excluding ortho intramolecular Hbond substituents is 1. The lowest BCUT2D eigenvalue weighted by molar-refractivity contribution is -0.111. The van der Waals surface area contributed by atoms with E-state index < -0.39 is 5.97 Å². The molecule has 0 saturated carbocycles. The number of carboxylic acids is 1. The average Bonchev–Trinajstić information content (AvgIpc) is 3.13. The molecule has 0 bridgehead atoms. The minimum Gasteiger partial charge on any atom is -0.508 e. The molecule has 8 rings (SSSR count). The normalized spacial score (nSPS) is 13.8. The SMILES string of the molecule is Cc1ccc2cccc(NCC3=C4Cc5c(ccc(O)c5CNc5cccc6ccc(C)nc56)C(c5ccccc5C(=O)O)=C4C=CC3=O)c2n1. The van der Waals surface area contributed by atoms with Gasteiger partial charge in [0.1, 0.15) is 5.75 Å². The number of carbonyl (C=O) groups excluding carboxylic acids is 1. The number of nitrogens with zero attached hydrogens (tertiary/aromatic N) is 2. The second-order valence-corrected chi connectivity index (χ2v) is 12.9.